The molecule has 88 valence electrons. The molecule has 2 atom stereocenters. The molecule has 5 heteroatoms. The Balaban J connectivity index is 2.07. The van der Waals surface area contributed by atoms with Gasteiger partial charge in [0.05, 0.1) is 19.3 Å². The molecule has 0 saturated carbocycles. The van der Waals surface area contributed by atoms with Gasteiger partial charge in [-0.2, -0.15) is 0 Å². The first kappa shape index (κ1) is 11.3. The van der Waals surface area contributed by atoms with Gasteiger partial charge in [-0.05, 0) is 18.9 Å². The molecule has 0 aromatic carbocycles. The number of hydrogen-bond acceptors (Lipinski definition) is 4. The van der Waals surface area contributed by atoms with E-state index in [0.717, 1.165) is 12.0 Å². The second-order valence-corrected chi connectivity index (χ2v) is 4.26. The second-order valence-electron chi connectivity index (χ2n) is 4.26. The second kappa shape index (κ2) is 4.76. The van der Waals surface area contributed by atoms with Gasteiger partial charge in [-0.25, -0.2) is 9.78 Å². The van der Waals surface area contributed by atoms with Gasteiger partial charge < -0.3 is 9.84 Å². The van der Waals surface area contributed by atoms with Crippen molar-refractivity contribution in [3.8, 4) is 0 Å². The molecule has 0 spiro atoms. The highest BCUT2D eigenvalue weighted by molar-refractivity contribution is 5.00. The zero-order valence-electron chi connectivity index (χ0n) is 9.30. The highest BCUT2D eigenvalue weighted by Crippen LogP contribution is 2.17. The molecule has 0 radical (unpaired) electrons. The van der Waals surface area contributed by atoms with Crippen molar-refractivity contribution in [1.29, 1.82) is 0 Å². The van der Waals surface area contributed by atoms with Crippen LogP contribution in [0.15, 0.2) is 17.2 Å². The lowest BCUT2D eigenvalue weighted by atomic mass is 10.0. The van der Waals surface area contributed by atoms with Crippen LogP contribution in [0.1, 0.15) is 12.0 Å². The summed E-state index contributed by atoms with van der Waals surface area (Å²) in [7, 11) is 0. The van der Waals surface area contributed by atoms with E-state index in [0.29, 0.717) is 19.8 Å². The van der Waals surface area contributed by atoms with Crippen LogP contribution in [0.2, 0.25) is 0 Å². The van der Waals surface area contributed by atoms with E-state index in [2.05, 4.69) is 4.98 Å². The van der Waals surface area contributed by atoms with Crippen molar-refractivity contribution in [2.75, 3.05) is 13.2 Å². The van der Waals surface area contributed by atoms with E-state index in [9.17, 15) is 9.90 Å². The zero-order valence-corrected chi connectivity index (χ0v) is 9.30. The highest BCUT2D eigenvalue weighted by Gasteiger charge is 2.24. The Morgan fingerprint density at radius 2 is 2.56 bits per heavy atom. The monoisotopic (exact) mass is 224 g/mol. The van der Waals surface area contributed by atoms with Crippen molar-refractivity contribution in [2.45, 2.75) is 26.0 Å². The molecule has 0 aliphatic carbocycles. The van der Waals surface area contributed by atoms with Gasteiger partial charge in [-0.15, -0.1) is 0 Å². The van der Waals surface area contributed by atoms with Crippen molar-refractivity contribution < 1.29 is 9.84 Å². The van der Waals surface area contributed by atoms with Crippen LogP contribution in [0.4, 0.5) is 0 Å². The van der Waals surface area contributed by atoms with Crippen LogP contribution in [0.5, 0.6) is 0 Å². The molecule has 1 aromatic rings. The summed E-state index contributed by atoms with van der Waals surface area (Å²) < 4.78 is 6.66. The number of aliphatic hydroxyl groups is 1. The first-order valence-electron chi connectivity index (χ1n) is 5.45. The van der Waals surface area contributed by atoms with Crippen LogP contribution in [0.25, 0.3) is 0 Å². The van der Waals surface area contributed by atoms with E-state index < -0.39 is 6.10 Å². The first-order chi connectivity index (χ1) is 7.66. The molecule has 16 heavy (non-hydrogen) atoms. The fraction of sp³-hybridized carbons (Fsp3) is 0.636. The molecule has 1 aliphatic heterocycles. The fourth-order valence-corrected chi connectivity index (χ4v) is 1.90. The third-order valence-corrected chi connectivity index (χ3v) is 2.88. The normalized spacial score (nSPS) is 22.2. The van der Waals surface area contributed by atoms with Crippen LogP contribution in [-0.2, 0) is 11.3 Å². The van der Waals surface area contributed by atoms with Gasteiger partial charge in [-0.1, -0.05) is 0 Å². The van der Waals surface area contributed by atoms with Gasteiger partial charge in [0.15, 0.2) is 0 Å². The molecule has 5 nitrogen and oxygen atoms in total. The maximum Gasteiger partial charge on any atom is 0.347 e. The third-order valence-electron chi connectivity index (χ3n) is 2.88. The van der Waals surface area contributed by atoms with Crippen molar-refractivity contribution in [3.05, 3.63) is 28.4 Å². The predicted molar refractivity (Wildman–Crippen MR) is 58.2 cm³/mol. The smallest absolute Gasteiger partial charge is 0.347 e. The summed E-state index contributed by atoms with van der Waals surface area (Å²) in [6.07, 6.45) is 3.57. The maximum atomic E-state index is 11.4. The molecule has 1 aromatic heterocycles. The first-order valence-corrected chi connectivity index (χ1v) is 5.45. The van der Waals surface area contributed by atoms with E-state index in [4.69, 9.17) is 4.74 Å². The average molecular weight is 224 g/mol. The van der Waals surface area contributed by atoms with Crippen molar-refractivity contribution >= 4 is 0 Å². The number of aromatic nitrogens is 2. The molecule has 1 aliphatic rings. The fourth-order valence-electron chi connectivity index (χ4n) is 1.90. The van der Waals surface area contributed by atoms with Crippen molar-refractivity contribution in [1.82, 2.24) is 9.55 Å². The Morgan fingerprint density at radius 1 is 1.75 bits per heavy atom. The predicted octanol–water partition coefficient (Wildman–Crippen LogP) is -0.0509. The van der Waals surface area contributed by atoms with E-state index in [1.165, 1.54) is 10.8 Å². The number of hydrogen-bond donors (Lipinski definition) is 1. The number of nitrogens with zero attached hydrogens (tertiary/aromatic N) is 2. The van der Waals surface area contributed by atoms with E-state index >= 15 is 0 Å². The molecule has 1 fully saturated rings. The van der Waals surface area contributed by atoms with Gasteiger partial charge in [0.2, 0.25) is 0 Å². The summed E-state index contributed by atoms with van der Waals surface area (Å²) in [6, 6.07) is 0. The Morgan fingerprint density at radius 3 is 3.25 bits per heavy atom. The largest absolute Gasteiger partial charge is 0.391 e. The lowest BCUT2D eigenvalue weighted by molar-refractivity contribution is 0.0765. The minimum atomic E-state index is -0.538. The molecular weight excluding hydrogens is 208 g/mol. The summed E-state index contributed by atoms with van der Waals surface area (Å²) in [5.41, 5.74) is 0.595. The molecule has 2 heterocycles. The van der Waals surface area contributed by atoms with Crippen LogP contribution < -0.4 is 5.69 Å². The van der Waals surface area contributed by atoms with E-state index in [1.54, 1.807) is 6.20 Å². The van der Waals surface area contributed by atoms with Crippen LogP contribution in [0.3, 0.4) is 0 Å². The Bertz CT molecular complexity index is 410. The average Bonchev–Trinajstić information content (AvgIpc) is 2.76. The summed E-state index contributed by atoms with van der Waals surface area (Å²) in [6.45, 7) is 3.44. The van der Waals surface area contributed by atoms with Crippen LogP contribution in [-0.4, -0.2) is 34.0 Å². The summed E-state index contributed by atoms with van der Waals surface area (Å²) >= 11 is 0. The Labute approximate surface area is 93.7 Å². The Hall–Kier alpha value is -1.20. The summed E-state index contributed by atoms with van der Waals surface area (Å²) in [5, 5.41) is 9.95. The van der Waals surface area contributed by atoms with E-state index in [1.807, 2.05) is 6.92 Å². The molecule has 2 rings (SSSR count). The SMILES string of the molecule is Cc1cnc(=O)n(CC(O)C2CCOC2)c1. The minimum Gasteiger partial charge on any atom is -0.391 e. The number of aryl methyl sites for hydroxylation is 1. The topological polar surface area (TPSA) is 64.4 Å². The highest BCUT2D eigenvalue weighted by atomic mass is 16.5. The van der Waals surface area contributed by atoms with E-state index in [-0.39, 0.29) is 11.6 Å². The molecule has 0 amide bonds. The summed E-state index contributed by atoms with van der Waals surface area (Å²) in [5.74, 6) is 0.132. The minimum absolute atomic E-state index is 0.132. The summed E-state index contributed by atoms with van der Waals surface area (Å²) in [4.78, 5) is 15.2. The molecule has 2 unspecified atom stereocenters. The van der Waals surface area contributed by atoms with Crippen molar-refractivity contribution in [3.63, 3.8) is 0 Å². The van der Waals surface area contributed by atoms with Gasteiger partial charge in [0.25, 0.3) is 0 Å². The lowest BCUT2D eigenvalue weighted by Crippen LogP contribution is -2.32. The molecule has 0 bridgehead atoms. The van der Waals surface area contributed by atoms with Gasteiger partial charge in [0.1, 0.15) is 0 Å². The maximum absolute atomic E-state index is 11.4. The quantitative estimate of drug-likeness (QED) is 0.781. The number of aliphatic hydroxyl groups excluding tert-OH is 1. The molecular formula is C11H16N2O3. The van der Waals surface area contributed by atoms with Crippen LogP contribution >= 0.6 is 0 Å². The Kier molecular flexibility index (Phi) is 3.36. The van der Waals surface area contributed by atoms with Gasteiger partial charge in [-0.3, -0.25) is 4.57 Å². The third kappa shape index (κ3) is 2.48. The molecule has 1 N–H and O–H groups in total. The molecule has 1 saturated heterocycles. The van der Waals surface area contributed by atoms with Crippen molar-refractivity contribution in [2.24, 2.45) is 5.92 Å². The zero-order chi connectivity index (χ0) is 11.5. The van der Waals surface area contributed by atoms with Gasteiger partial charge >= 0.3 is 5.69 Å². The number of rotatable bonds is 3. The lowest BCUT2D eigenvalue weighted by Gasteiger charge is -2.17. The van der Waals surface area contributed by atoms with Gasteiger partial charge in [0, 0.05) is 24.9 Å². The number of ether oxygens (including phenoxy) is 1. The van der Waals surface area contributed by atoms with Crippen LogP contribution in [0, 0.1) is 12.8 Å². The standard InChI is InChI=1S/C11H16N2O3/c1-8-4-12-11(15)13(5-8)6-10(14)9-2-3-16-7-9/h4-5,9-10,14H,2-3,6-7H2,1H3.